The third-order valence-corrected chi connectivity index (χ3v) is 4.12. The molecule has 4 nitrogen and oxygen atoms in total. The molecular weight excluding hydrogens is 285 g/mol. The number of amides is 1. The van der Waals surface area contributed by atoms with Gasteiger partial charge in [0.05, 0.1) is 18.8 Å². The van der Waals surface area contributed by atoms with Crippen molar-refractivity contribution in [3.8, 4) is 0 Å². The Kier molecular flexibility index (Phi) is 3.62. The topological polar surface area (TPSA) is 32.8 Å². The average molecular weight is 300 g/mol. The Morgan fingerprint density at radius 2 is 1.95 bits per heavy atom. The van der Waals surface area contributed by atoms with E-state index in [2.05, 4.69) is 4.90 Å². The molecule has 2 atom stereocenters. The van der Waals surface area contributed by atoms with Gasteiger partial charge in [0.2, 0.25) is 0 Å². The summed E-state index contributed by atoms with van der Waals surface area (Å²) in [5.74, 6) is -4.56. The highest BCUT2D eigenvalue weighted by Gasteiger charge is 2.41. The molecule has 114 valence electrons. The van der Waals surface area contributed by atoms with Crippen LogP contribution in [0.3, 0.4) is 0 Å². The zero-order valence-corrected chi connectivity index (χ0v) is 11.5. The van der Waals surface area contributed by atoms with Crippen molar-refractivity contribution in [1.29, 1.82) is 0 Å². The zero-order valence-electron chi connectivity index (χ0n) is 11.5. The first-order valence-electron chi connectivity index (χ1n) is 6.73. The fourth-order valence-electron chi connectivity index (χ4n) is 2.90. The molecule has 0 spiro atoms. The van der Waals surface area contributed by atoms with Crippen molar-refractivity contribution in [2.45, 2.75) is 12.1 Å². The minimum absolute atomic E-state index is 0.00221. The van der Waals surface area contributed by atoms with Gasteiger partial charge in [0.15, 0.2) is 11.6 Å². The first-order chi connectivity index (χ1) is 9.99. The minimum Gasteiger partial charge on any atom is -0.373 e. The Morgan fingerprint density at radius 1 is 1.24 bits per heavy atom. The number of rotatable bonds is 1. The molecule has 2 fully saturated rings. The molecule has 1 aromatic carbocycles. The number of fused-ring (bicyclic) bond motifs is 1. The van der Waals surface area contributed by atoms with Crippen molar-refractivity contribution < 1.29 is 22.7 Å². The highest BCUT2D eigenvalue weighted by molar-refractivity contribution is 5.95. The van der Waals surface area contributed by atoms with E-state index in [0.29, 0.717) is 19.2 Å². The van der Waals surface area contributed by atoms with Gasteiger partial charge in [-0.15, -0.1) is 0 Å². The second-order valence-corrected chi connectivity index (χ2v) is 5.39. The Morgan fingerprint density at radius 3 is 2.67 bits per heavy atom. The fraction of sp³-hybridized carbons (Fsp3) is 0.500. The van der Waals surface area contributed by atoms with Crippen LogP contribution in [0, 0.1) is 17.5 Å². The van der Waals surface area contributed by atoms with Crippen LogP contribution < -0.4 is 0 Å². The zero-order chi connectivity index (χ0) is 15.1. The van der Waals surface area contributed by atoms with Crippen molar-refractivity contribution in [3.05, 3.63) is 35.1 Å². The number of likely N-dealkylation sites (N-methyl/N-ethyl adjacent to an activating group) is 1. The van der Waals surface area contributed by atoms with Crippen LogP contribution in [0.4, 0.5) is 13.2 Å². The molecule has 2 saturated heterocycles. The van der Waals surface area contributed by atoms with Gasteiger partial charge in [-0.1, -0.05) is 0 Å². The molecule has 0 unspecified atom stereocenters. The van der Waals surface area contributed by atoms with Gasteiger partial charge < -0.3 is 9.64 Å². The number of carbonyl (C=O) groups excluding carboxylic acids is 1. The highest BCUT2D eigenvalue weighted by atomic mass is 19.2. The van der Waals surface area contributed by atoms with E-state index in [1.165, 1.54) is 4.90 Å². The average Bonchev–Trinajstić information content (AvgIpc) is 2.89. The third-order valence-electron chi connectivity index (χ3n) is 4.12. The molecule has 2 heterocycles. The lowest BCUT2D eigenvalue weighted by Gasteiger charge is -2.33. The second-order valence-electron chi connectivity index (χ2n) is 5.39. The fourth-order valence-corrected chi connectivity index (χ4v) is 2.90. The summed E-state index contributed by atoms with van der Waals surface area (Å²) in [4.78, 5) is 15.7. The van der Waals surface area contributed by atoms with Crippen LogP contribution in [0.1, 0.15) is 10.4 Å². The smallest absolute Gasteiger partial charge is 0.260 e. The van der Waals surface area contributed by atoms with Crippen molar-refractivity contribution >= 4 is 5.91 Å². The normalized spacial score (nSPS) is 26.0. The maximum atomic E-state index is 13.7. The summed E-state index contributed by atoms with van der Waals surface area (Å²) in [6.45, 7) is 1.87. The van der Waals surface area contributed by atoms with Crippen molar-refractivity contribution in [2.24, 2.45) is 0 Å². The Labute approximate surface area is 120 Å². The second kappa shape index (κ2) is 5.31. The Hall–Kier alpha value is -1.60. The predicted molar refractivity (Wildman–Crippen MR) is 68.4 cm³/mol. The van der Waals surface area contributed by atoms with E-state index < -0.39 is 28.9 Å². The van der Waals surface area contributed by atoms with E-state index in [0.717, 1.165) is 12.6 Å². The quantitative estimate of drug-likeness (QED) is 0.732. The van der Waals surface area contributed by atoms with E-state index in [1.54, 1.807) is 0 Å². The van der Waals surface area contributed by atoms with Crippen LogP contribution in [0.15, 0.2) is 12.1 Å². The third kappa shape index (κ3) is 2.40. The SMILES string of the molecule is CN1CCO[C@@H]2CN(C(=O)c3c(F)ccc(F)c3F)C[C@@H]21. The highest BCUT2D eigenvalue weighted by Crippen LogP contribution is 2.25. The number of carbonyl (C=O) groups is 1. The minimum atomic E-state index is -1.44. The molecule has 0 radical (unpaired) electrons. The Balaban J connectivity index is 1.86. The molecule has 2 aliphatic rings. The molecule has 0 N–H and O–H groups in total. The van der Waals surface area contributed by atoms with Gasteiger partial charge in [0.1, 0.15) is 11.4 Å². The summed E-state index contributed by atoms with van der Waals surface area (Å²) in [5, 5.41) is 0. The number of hydrogen-bond acceptors (Lipinski definition) is 3. The van der Waals surface area contributed by atoms with Crippen LogP contribution in [0.2, 0.25) is 0 Å². The van der Waals surface area contributed by atoms with E-state index >= 15 is 0 Å². The molecule has 1 aromatic rings. The van der Waals surface area contributed by atoms with E-state index in [1.807, 2.05) is 7.05 Å². The summed E-state index contributed by atoms with van der Waals surface area (Å²) < 4.78 is 46.2. The molecule has 0 aliphatic carbocycles. The number of likely N-dealkylation sites (tertiary alicyclic amines) is 1. The summed E-state index contributed by atoms with van der Waals surface area (Å²) in [7, 11) is 1.91. The van der Waals surface area contributed by atoms with Gasteiger partial charge in [0, 0.05) is 19.6 Å². The maximum Gasteiger partial charge on any atom is 0.260 e. The van der Waals surface area contributed by atoms with Crippen LogP contribution in [-0.4, -0.2) is 61.1 Å². The van der Waals surface area contributed by atoms with Gasteiger partial charge in [-0.3, -0.25) is 9.69 Å². The van der Waals surface area contributed by atoms with Crippen molar-refractivity contribution in [1.82, 2.24) is 9.80 Å². The molecule has 7 heteroatoms. The number of hydrogen-bond donors (Lipinski definition) is 0. The van der Waals surface area contributed by atoms with E-state index in [4.69, 9.17) is 4.74 Å². The van der Waals surface area contributed by atoms with Crippen LogP contribution in [0.25, 0.3) is 0 Å². The van der Waals surface area contributed by atoms with Crippen molar-refractivity contribution in [2.75, 3.05) is 33.3 Å². The monoisotopic (exact) mass is 300 g/mol. The number of halogens is 3. The Bertz CT molecular complexity index is 582. The first-order valence-corrected chi connectivity index (χ1v) is 6.73. The van der Waals surface area contributed by atoms with Crippen molar-refractivity contribution in [3.63, 3.8) is 0 Å². The van der Waals surface area contributed by atoms with Gasteiger partial charge in [-0.25, -0.2) is 13.2 Å². The maximum absolute atomic E-state index is 13.7. The lowest BCUT2D eigenvalue weighted by atomic mass is 10.1. The van der Waals surface area contributed by atoms with E-state index in [-0.39, 0.29) is 18.7 Å². The summed E-state index contributed by atoms with van der Waals surface area (Å²) in [6.07, 6.45) is -0.174. The molecule has 2 aliphatic heterocycles. The molecular formula is C14H15F3N2O2. The number of benzene rings is 1. The number of morpholine rings is 1. The molecule has 1 amide bonds. The van der Waals surface area contributed by atoms with Crippen LogP contribution in [0.5, 0.6) is 0 Å². The summed E-state index contributed by atoms with van der Waals surface area (Å²) in [5.41, 5.74) is -0.837. The standard InChI is InChI=1S/C14H15F3N2O2/c1-18-4-5-21-11-7-19(6-10(11)18)14(20)12-8(15)2-3-9(16)13(12)17/h2-3,10-11H,4-7H2,1H3/t10-,11+/m0/s1. The van der Waals surface area contributed by atoms with Gasteiger partial charge in [-0.05, 0) is 19.2 Å². The molecule has 0 aromatic heterocycles. The first kappa shape index (κ1) is 14.3. The number of ether oxygens (including phenoxy) is 1. The molecule has 21 heavy (non-hydrogen) atoms. The number of nitrogens with zero attached hydrogens (tertiary/aromatic N) is 2. The molecule has 3 rings (SSSR count). The summed E-state index contributed by atoms with van der Waals surface area (Å²) in [6, 6.07) is 1.43. The largest absolute Gasteiger partial charge is 0.373 e. The van der Waals surface area contributed by atoms with Gasteiger partial charge >= 0.3 is 0 Å². The van der Waals surface area contributed by atoms with Crippen LogP contribution >= 0.6 is 0 Å². The predicted octanol–water partition coefficient (Wildman–Crippen LogP) is 1.26. The summed E-state index contributed by atoms with van der Waals surface area (Å²) >= 11 is 0. The van der Waals surface area contributed by atoms with Crippen LogP contribution in [-0.2, 0) is 4.74 Å². The van der Waals surface area contributed by atoms with Gasteiger partial charge in [-0.2, -0.15) is 0 Å². The van der Waals surface area contributed by atoms with E-state index in [9.17, 15) is 18.0 Å². The molecule has 0 bridgehead atoms. The van der Waals surface area contributed by atoms with Gasteiger partial charge in [0.25, 0.3) is 5.91 Å². The lowest BCUT2D eigenvalue weighted by molar-refractivity contribution is -0.0368. The molecule has 0 saturated carbocycles. The lowest BCUT2D eigenvalue weighted by Crippen LogP contribution is -2.48.